The molecule has 0 saturated carbocycles. The van der Waals surface area contributed by atoms with Crippen molar-refractivity contribution in [3.05, 3.63) is 51.5 Å². The Bertz CT molecular complexity index is 706. The Labute approximate surface area is 152 Å². The van der Waals surface area contributed by atoms with Gasteiger partial charge in [-0.1, -0.05) is 38.1 Å². The second kappa shape index (κ2) is 8.08. The number of amides is 1. The highest BCUT2D eigenvalue weighted by atomic mass is 32.1. The van der Waals surface area contributed by atoms with Crippen molar-refractivity contribution >= 4 is 17.2 Å². The van der Waals surface area contributed by atoms with E-state index < -0.39 is 6.29 Å². The molecule has 25 heavy (non-hydrogen) atoms. The lowest BCUT2D eigenvalue weighted by Gasteiger charge is -2.14. The molecule has 1 atom stereocenters. The summed E-state index contributed by atoms with van der Waals surface area (Å²) in [7, 11) is 0. The van der Waals surface area contributed by atoms with E-state index in [4.69, 9.17) is 9.47 Å². The number of nitrogens with zero attached hydrogens (tertiary/aromatic N) is 1. The lowest BCUT2D eigenvalue weighted by molar-refractivity contribution is -0.0442. The first-order valence-corrected chi connectivity index (χ1v) is 9.43. The zero-order valence-corrected chi connectivity index (χ0v) is 15.6. The van der Waals surface area contributed by atoms with Gasteiger partial charge in [-0.05, 0) is 30.4 Å². The number of aromatic nitrogens is 1. The predicted octanol–water partition coefficient (Wildman–Crippen LogP) is 3.88. The number of ether oxygens (including phenoxy) is 2. The first-order valence-electron chi connectivity index (χ1n) is 8.61. The minimum absolute atomic E-state index is 0.0647. The molecule has 0 spiro atoms. The summed E-state index contributed by atoms with van der Waals surface area (Å²) in [4.78, 5) is 17.3. The Kier molecular flexibility index (Phi) is 5.83. The summed E-state index contributed by atoms with van der Waals surface area (Å²) in [6.45, 7) is 7.54. The van der Waals surface area contributed by atoms with Gasteiger partial charge in [0, 0.05) is 0 Å². The summed E-state index contributed by atoms with van der Waals surface area (Å²) in [6.07, 6.45) is 2.21. The normalized spacial score (nSPS) is 16.3. The summed E-state index contributed by atoms with van der Waals surface area (Å²) in [5.74, 6) is 0.511. The van der Waals surface area contributed by atoms with Crippen molar-refractivity contribution in [2.75, 3.05) is 13.2 Å². The molecule has 1 saturated heterocycles. The Hall–Kier alpha value is -1.76. The molecular formula is C19H24N2O3S. The van der Waals surface area contributed by atoms with Gasteiger partial charge in [0.05, 0.1) is 25.5 Å². The van der Waals surface area contributed by atoms with Crippen molar-refractivity contribution in [1.29, 1.82) is 0 Å². The van der Waals surface area contributed by atoms with E-state index in [9.17, 15) is 4.79 Å². The zero-order chi connectivity index (χ0) is 17.8. The standard InChI is InChI=1S/C19H24N2O3S/c1-12(2)10-14-4-6-15(7-5-14)13(3)21-17(22)16-11-20-18(25-16)19-23-8-9-24-19/h4-7,11-13,19H,8-10H2,1-3H3,(H,21,22). The third kappa shape index (κ3) is 4.66. The molecule has 6 heteroatoms. The van der Waals surface area contributed by atoms with Gasteiger partial charge in [-0.15, -0.1) is 11.3 Å². The van der Waals surface area contributed by atoms with Gasteiger partial charge in [0.15, 0.2) is 0 Å². The van der Waals surface area contributed by atoms with Gasteiger partial charge in [0.2, 0.25) is 6.29 Å². The van der Waals surface area contributed by atoms with E-state index in [1.807, 2.05) is 6.92 Å². The Balaban J connectivity index is 1.60. The Morgan fingerprint density at radius 1 is 1.24 bits per heavy atom. The Morgan fingerprint density at radius 2 is 1.92 bits per heavy atom. The van der Waals surface area contributed by atoms with E-state index in [1.165, 1.54) is 16.9 Å². The van der Waals surface area contributed by atoms with Gasteiger partial charge in [-0.2, -0.15) is 0 Å². The second-order valence-corrected chi connectivity index (χ2v) is 7.73. The second-order valence-electron chi connectivity index (χ2n) is 6.67. The van der Waals surface area contributed by atoms with Gasteiger partial charge in [-0.3, -0.25) is 4.79 Å². The average Bonchev–Trinajstić information content (AvgIpc) is 3.26. The van der Waals surface area contributed by atoms with Gasteiger partial charge in [-0.25, -0.2) is 4.98 Å². The third-order valence-corrected chi connectivity index (χ3v) is 5.06. The number of carbonyl (C=O) groups is 1. The molecular weight excluding hydrogens is 336 g/mol. The van der Waals surface area contributed by atoms with Crippen molar-refractivity contribution in [2.24, 2.45) is 5.92 Å². The quantitative estimate of drug-likeness (QED) is 0.849. The fraction of sp³-hybridized carbons (Fsp3) is 0.474. The topological polar surface area (TPSA) is 60.5 Å². The predicted molar refractivity (Wildman–Crippen MR) is 97.6 cm³/mol. The van der Waals surface area contributed by atoms with Crippen LogP contribution in [0.15, 0.2) is 30.5 Å². The molecule has 1 amide bonds. The summed E-state index contributed by atoms with van der Waals surface area (Å²) in [5, 5.41) is 3.71. The molecule has 1 fully saturated rings. The van der Waals surface area contributed by atoms with Gasteiger partial charge in [0.25, 0.3) is 5.91 Å². The van der Waals surface area contributed by atoms with Crippen molar-refractivity contribution in [3.8, 4) is 0 Å². The molecule has 1 aromatic carbocycles. The SMILES string of the molecule is CC(C)Cc1ccc(C(C)NC(=O)c2cnc(C3OCCO3)s2)cc1. The molecule has 0 aliphatic carbocycles. The van der Waals surface area contributed by atoms with Crippen LogP contribution in [-0.4, -0.2) is 24.1 Å². The molecule has 134 valence electrons. The summed E-state index contributed by atoms with van der Waals surface area (Å²) in [5.41, 5.74) is 2.41. The fourth-order valence-electron chi connectivity index (χ4n) is 2.77. The van der Waals surface area contributed by atoms with Crippen LogP contribution in [0, 0.1) is 5.92 Å². The maximum atomic E-state index is 12.4. The average molecular weight is 360 g/mol. The van der Waals surface area contributed by atoms with Gasteiger partial charge in [0.1, 0.15) is 9.88 Å². The van der Waals surface area contributed by atoms with Crippen LogP contribution in [-0.2, 0) is 15.9 Å². The van der Waals surface area contributed by atoms with Crippen LogP contribution < -0.4 is 5.32 Å². The molecule has 5 nitrogen and oxygen atoms in total. The van der Waals surface area contributed by atoms with E-state index >= 15 is 0 Å². The molecule has 0 radical (unpaired) electrons. The van der Waals surface area contributed by atoms with Crippen LogP contribution in [0.4, 0.5) is 0 Å². The lowest BCUT2D eigenvalue weighted by Crippen LogP contribution is -2.25. The molecule has 1 aliphatic rings. The van der Waals surface area contributed by atoms with Crippen LogP contribution in [0.2, 0.25) is 0 Å². The zero-order valence-electron chi connectivity index (χ0n) is 14.8. The summed E-state index contributed by atoms with van der Waals surface area (Å²) >= 11 is 1.31. The molecule has 0 bridgehead atoms. The number of hydrogen-bond donors (Lipinski definition) is 1. The van der Waals surface area contributed by atoms with Crippen molar-refractivity contribution < 1.29 is 14.3 Å². The molecule has 3 rings (SSSR count). The minimum atomic E-state index is -0.433. The summed E-state index contributed by atoms with van der Waals surface area (Å²) < 4.78 is 10.8. The summed E-state index contributed by atoms with van der Waals surface area (Å²) in [6, 6.07) is 8.38. The van der Waals surface area contributed by atoms with Gasteiger partial charge >= 0.3 is 0 Å². The number of thiazole rings is 1. The van der Waals surface area contributed by atoms with E-state index in [0.717, 1.165) is 12.0 Å². The van der Waals surface area contributed by atoms with Crippen LogP contribution in [0.3, 0.4) is 0 Å². The third-order valence-electron chi connectivity index (χ3n) is 4.04. The minimum Gasteiger partial charge on any atom is -0.345 e. The van der Waals surface area contributed by atoms with E-state index in [-0.39, 0.29) is 11.9 Å². The van der Waals surface area contributed by atoms with Crippen molar-refractivity contribution in [3.63, 3.8) is 0 Å². The monoisotopic (exact) mass is 360 g/mol. The first-order chi connectivity index (χ1) is 12.0. The maximum absolute atomic E-state index is 12.4. The fourth-order valence-corrected chi connectivity index (χ4v) is 3.59. The van der Waals surface area contributed by atoms with Crippen LogP contribution in [0.1, 0.15) is 58.9 Å². The largest absolute Gasteiger partial charge is 0.345 e. The van der Waals surface area contributed by atoms with E-state index in [2.05, 4.69) is 48.4 Å². The highest BCUT2D eigenvalue weighted by Gasteiger charge is 2.23. The highest BCUT2D eigenvalue weighted by molar-refractivity contribution is 7.13. The Morgan fingerprint density at radius 3 is 2.56 bits per heavy atom. The van der Waals surface area contributed by atoms with E-state index in [0.29, 0.717) is 29.0 Å². The molecule has 1 aliphatic heterocycles. The lowest BCUT2D eigenvalue weighted by atomic mass is 10.00. The number of benzene rings is 1. The molecule has 1 aromatic heterocycles. The van der Waals surface area contributed by atoms with Crippen LogP contribution in [0.25, 0.3) is 0 Å². The van der Waals surface area contributed by atoms with E-state index in [1.54, 1.807) is 6.20 Å². The molecule has 1 unspecified atom stereocenters. The number of rotatable bonds is 6. The first kappa shape index (κ1) is 18.0. The number of nitrogens with one attached hydrogen (secondary N) is 1. The van der Waals surface area contributed by atoms with Crippen LogP contribution in [0.5, 0.6) is 0 Å². The number of hydrogen-bond acceptors (Lipinski definition) is 5. The van der Waals surface area contributed by atoms with Crippen LogP contribution >= 0.6 is 11.3 Å². The van der Waals surface area contributed by atoms with Gasteiger partial charge < -0.3 is 14.8 Å². The molecule has 1 N–H and O–H groups in total. The highest BCUT2D eigenvalue weighted by Crippen LogP contribution is 2.27. The smallest absolute Gasteiger partial charge is 0.263 e. The number of carbonyl (C=O) groups excluding carboxylic acids is 1. The molecule has 2 heterocycles. The van der Waals surface area contributed by atoms with Crippen molar-refractivity contribution in [1.82, 2.24) is 10.3 Å². The maximum Gasteiger partial charge on any atom is 0.263 e. The molecule has 2 aromatic rings. The van der Waals surface area contributed by atoms with Crippen molar-refractivity contribution in [2.45, 2.75) is 39.5 Å².